The molecule has 1 aliphatic rings. The molecule has 0 bridgehead atoms. The van der Waals surface area contributed by atoms with Gasteiger partial charge in [-0.15, -0.1) is 0 Å². The number of ether oxygens (including phenoxy) is 1. The molecule has 84 valence electrons. The normalized spacial score (nSPS) is 18.6. The van der Waals surface area contributed by atoms with Gasteiger partial charge in [-0.05, 0) is 0 Å². The summed E-state index contributed by atoms with van der Waals surface area (Å²) in [7, 11) is 0. The Hall–Kier alpha value is -1.43. The number of carbonyl (C=O) groups excluding carboxylic acids is 1. The quantitative estimate of drug-likeness (QED) is 0.411. The number of oxime groups is 1. The number of carbonyl (C=O) groups is 2. The summed E-state index contributed by atoms with van der Waals surface area (Å²) in [5.74, 6) is -1.98. The summed E-state index contributed by atoms with van der Waals surface area (Å²) in [6.07, 6.45) is 1.16. The van der Waals surface area contributed by atoms with E-state index in [0.717, 1.165) is 6.92 Å². The molecule has 15 heavy (non-hydrogen) atoms. The number of carboxylic acid groups (broad SMARTS) is 1. The van der Waals surface area contributed by atoms with Crippen LogP contribution in [0.25, 0.3) is 0 Å². The summed E-state index contributed by atoms with van der Waals surface area (Å²) in [4.78, 5) is 26.4. The van der Waals surface area contributed by atoms with Crippen LogP contribution in [0.1, 0.15) is 19.8 Å². The summed E-state index contributed by atoms with van der Waals surface area (Å²) >= 11 is 0. The number of Topliss-reactive ketones (excluding diaryl/α,β-unsaturated/α-hetero) is 1. The fraction of sp³-hybridized carbons (Fsp3) is 0.667. The second kappa shape index (κ2) is 5.45. The van der Waals surface area contributed by atoms with Crippen LogP contribution < -0.4 is 0 Å². The van der Waals surface area contributed by atoms with Crippen molar-refractivity contribution in [1.29, 1.82) is 0 Å². The van der Waals surface area contributed by atoms with E-state index in [1.54, 1.807) is 0 Å². The lowest BCUT2D eigenvalue weighted by Crippen LogP contribution is -2.25. The molecule has 1 aliphatic heterocycles. The second-order valence-corrected chi connectivity index (χ2v) is 3.22. The van der Waals surface area contributed by atoms with Crippen molar-refractivity contribution in [1.82, 2.24) is 0 Å². The predicted molar refractivity (Wildman–Crippen MR) is 50.7 cm³/mol. The van der Waals surface area contributed by atoms with Crippen molar-refractivity contribution in [2.45, 2.75) is 25.9 Å². The van der Waals surface area contributed by atoms with Gasteiger partial charge in [0, 0.05) is 19.8 Å². The minimum atomic E-state index is -1.37. The van der Waals surface area contributed by atoms with Crippen molar-refractivity contribution in [2.24, 2.45) is 5.16 Å². The number of carboxylic acids is 1. The van der Waals surface area contributed by atoms with E-state index in [1.165, 1.54) is 0 Å². The van der Waals surface area contributed by atoms with Gasteiger partial charge in [0.15, 0.2) is 5.78 Å². The summed E-state index contributed by atoms with van der Waals surface area (Å²) in [5, 5.41) is 12.0. The number of hydrogen-bond acceptors (Lipinski definition) is 5. The van der Waals surface area contributed by atoms with E-state index in [-0.39, 0.29) is 6.10 Å². The van der Waals surface area contributed by atoms with E-state index >= 15 is 0 Å². The number of ketones is 1. The summed E-state index contributed by atoms with van der Waals surface area (Å²) in [6.45, 7) is 2.28. The molecule has 1 saturated heterocycles. The minimum Gasteiger partial charge on any atom is -0.476 e. The Morgan fingerprint density at radius 3 is 2.47 bits per heavy atom. The molecule has 0 spiro atoms. The van der Waals surface area contributed by atoms with Crippen molar-refractivity contribution in [3.63, 3.8) is 0 Å². The maximum atomic E-state index is 10.8. The number of rotatable bonds is 4. The van der Waals surface area contributed by atoms with Gasteiger partial charge in [-0.2, -0.15) is 0 Å². The highest BCUT2D eigenvalue weighted by Crippen LogP contribution is 2.10. The lowest BCUT2D eigenvalue weighted by atomic mass is 10.2. The maximum absolute atomic E-state index is 10.8. The predicted octanol–water partition coefficient (Wildman–Crippen LogP) is 0.212. The molecule has 1 rings (SSSR count). The first-order valence-electron chi connectivity index (χ1n) is 4.67. The van der Waals surface area contributed by atoms with Crippen molar-refractivity contribution in [3.8, 4) is 0 Å². The Balaban J connectivity index is 2.52. The van der Waals surface area contributed by atoms with Crippen LogP contribution in [0.2, 0.25) is 0 Å². The van der Waals surface area contributed by atoms with Gasteiger partial charge in [-0.3, -0.25) is 4.79 Å². The Morgan fingerprint density at radius 2 is 2.00 bits per heavy atom. The zero-order chi connectivity index (χ0) is 11.3. The van der Waals surface area contributed by atoms with E-state index in [0.29, 0.717) is 26.1 Å². The zero-order valence-electron chi connectivity index (χ0n) is 8.43. The molecule has 1 heterocycles. The molecule has 0 radical (unpaired) electrons. The molecule has 0 amide bonds. The van der Waals surface area contributed by atoms with Gasteiger partial charge >= 0.3 is 5.97 Å². The highest BCUT2D eigenvalue weighted by Gasteiger charge is 2.19. The summed E-state index contributed by atoms with van der Waals surface area (Å²) in [5.41, 5.74) is -0.568. The van der Waals surface area contributed by atoms with E-state index in [9.17, 15) is 9.59 Å². The molecular formula is C9H13NO5. The Labute approximate surface area is 86.8 Å². The van der Waals surface area contributed by atoms with Crippen LogP contribution in [0.5, 0.6) is 0 Å². The van der Waals surface area contributed by atoms with Crippen LogP contribution in [-0.2, 0) is 19.2 Å². The van der Waals surface area contributed by atoms with Gasteiger partial charge < -0.3 is 14.7 Å². The largest absolute Gasteiger partial charge is 0.476 e. The molecule has 0 aliphatic carbocycles. The lowest BCUT2D eigenvalue weighted by molar-refractivity contribution is -0.130. The van der Waals surface area contributed by atoms with Gasteiger partial charge in [0.2, 0.25) is 5.71 Å². The Morgan fingerprint density at radius 1 is 1.40 bits per heavy atom. The average molecular weight is 215 g/mol. The van der Waals surface area contributed by atoms with Crippen LogP contribution in [0, 0.1) is 0 Å². The molecule has 0 atom stereocenters. The Kier molecular flexibility index (Phi) is 4.23. The number of hydrogen-bond donors (Lipinski definition) is 1. The zero-order valence-corrected chi connectivity index (χ0v) is 8.43. The summed E-state index contributed by atoms with van der Waals surface area (Å²) < 4.78 is 5.09. The fourth-order valence-corrected chi connectivity index (χ4v) is 1.16. The minimum absolute atomic E-state index is 0.160. The van der Waals surface area contributed by atoms with Gasteiger partial charge in [0.05, 0.1) is 13.2 Å². The Bertz CT molecular complexity index is 264. The van der Waals surface area contributed by atoms with Crippen molar-refractivity contribution in [3.05, 3.63) is 0 Å². The molecule has 0 aromatic rings. The van der Waals surface area contributed by atoms with Crippen LogP contribution in [0.15, 0.2) is 5.16 Å². The van der Waals surface area contributed by atoms with Crippen LogP contribution >= 0.6 is 0 Å². The molecular weight excluding hydrogens is 202 g/mol. The average Bonchev–Trinajstić information content (AvgIpc) is 2.18. The monoisotopic (exact) mass is 215 g/mol. The fourth-order valence-electron chi connectivity index (χ4n) is 1.16. The topological polar surface area (TPSA) is 85.2 Å². The van der Waals surface area contributed by atoms with Crippen LogP contribution in [0.3, 0.4) is 0 Å². The maximum Gasteiger partial charge on any atom is 0.361 e. The molecule has 0 aromatic carbocycles. The van der Waals surface area contributed by atoms with Gasteiger partial charge in [0.25, 0.3) is 0 Å². The third kappa shape index (κ3) is 3.67. The third-order valence-electron chi connectivity index (χ3n) is 2.00. The van der Waals surface area contributed by atoms with Gasteiger partial charge in [0.1, 0.15) is 6.10 Å². The second-order valence-electron chi connectivity index (χ2n) is 3.22. The van der Waals surface area contributed by atoms with E-state index in [1.807, 2.05) is 0 Å². The molecule has 1 fully saturated rings. The molecule has 0 aromatic heterocycles. The molecule has 0 unspecified atom stereocenters. The van der Waals surface area contributed by atoms with Crippen LogP contribution in [0.4, 0.5) is 0 Å². The van der Waals surface area contributed by atoms with E-state index < -0.39 is 17.5 Å². The molecule has 6 nitrogen and oxygen atoms in total. The lowest BCUT2D eigenvalue weighted by Gasteiger charge is -2.19. The SMILES string of the molecule is CC(=O)/C(=N\OC1CCOCC1)C(=O)O. The van der Waals surface area contributed by atoms with Crippen molar-refractivity contribution < 1.29 is 24.3 Å². The van der Waals surface area contributed by atoms with E-state index in [2.05, 4.69) is 5.16 Å². The molecule has 0 saturated carbocycles. The standard InChI is InChI=1S/C9H13NO5/c1-6(11)8(9(12)13)10-15-7-2-4-14-5-3-7/h7H,2-5H2,1H3,(H,12,13)/b10-8+. The van der Waals surface area contributed by atoms with Crippen molar-refractivity contribution >= 4 is 17.5 Å². The molecule has 1 N–H and O–H groups in total. The number of aliphatic carboxylic acids is 1. The van der Waals surface area contributed by atoms with Gasteiger partial charge in [-0.1, -0.05) is 5.16 Å². The highest BCUT2D eigenvalue weighted by molar-refractivity contribution is 6.63. The van der Waals surface area contributed by atoms with Crippen molar-refractivity contribution in [2.75, 3.05) is 13.2 Å². The highest BCUT2D eigenvalue weighted by atomic mass is 16.6. The first kappa shape index (κ1) is 11.6. The van der Waals surface area contributed by atoms with Crippen LogP contribution in [-0.4, -0.2) is 41.9 Å². The van der Waals surface area contributed by atoms with E-state index in [4.69, 9.17) is 14.7 Å². The third-order valence-corrected chi connectivity index (χ3v) is 2.00. The number of nitrogens with zero attached hydrogens (tertiary/aromatic N) is 1. The molecule has 6 heteroatoms. The first-order chi connectivity index (χ1) is 7.11. The smallest absolute Gasteiger partial charge is 0.361 e. The van der Waals surface area contributed by atoms with Gasteiger partial charge in [-0.25, -0.2) is 4.79 Å². The first-order valence-corrected chi connectivity index (χ1v) is 4.67. The summed E-state index contributed by atoms with van der Waals surface area (Å²) in [6, 6.07) is 0.